The van der Waals surface area contributed by atoms with Crippen LogP contribution in [0.4, 0.5) is 4.39 Å². The first-order valence-corrected chi connectivity index (χ1v) is 13.3. The lowest BCUT2D eigenvalue weighted by atomic mass is 10.00. The van der Waals surface area contributed by atoms with Gasteiger partial charge in [0.15, 0.2) is 0 Å². The molecule has 0 radical (unpaired) electrons. The zero-order chi connectivity index (χ0) is 25.5. The summed E-state index contributed by atoms with van der Waals surface area (Å²) in [6.45, 7) is 2.61. The number of fused-ring (bicyclic) bond motifs is 1. The van der Waals surface area contributed by atoms with Crippen LogP contribution in [0.25, 0.3) is 32.5 Å². The molecule has 7 nitrogen and oxygen atoms in total. The largest absolute Gasteiger partial charge is 0.379 e. The van der Waals surface area contributed by atoms with E-state index < -0.39 is 5.82 Å². The second-order valence-corrected chi connectivity index (χ2v) is 10.8. The van der Waals surface area contributed by atoms with Gasteiger partial charge in [0.2, 0.25) is 0 Å². The molecule has 0 bridgehead atoms. The van der Waals surface area contributed by atoms with Gasteiger partial charge in [-0.3, -0.25) is 9.48 Å². The van der Waals surface area contributed by atoms with Gasteiger partial charge < -0.3 is 15.4 Å². The van der Waals surface area contributed by atoms with Crippen LogP contribution in [0.15, 0.2) is 48.7 Å². The molecule has 2 aromatic carbocycles. The number of likely N-dealkylation sites (tertiary alicyclic amines) is 1. The zero-order valence-corrected chi connectivity index (χ0v) is 21.0. The highest BCUT2D eigenvalue weighted by Crippen LogP contribution is 2.41. The second-order valence-electron chi connectivity index (χ2n) is 9.71. The molecule has 0 spiro atoms. The van der Waals surface area contributed by atoms with E-state index >= 15 is 0 Å². The topological polar surface area (TPSA) is 97.2 Å². The van der Waals surface area contributed by atoms with Crippen LogP contribution in [0, 0.1) is 17.1 Å². The minimum Gasteiger partial charge on any atom is -0.379 e. The number of carbonyl (C=O) groups excluding carboxylic acids is 1. The molecule has 4 aromatic rings. The number of rotatable bonds is 4. The molecule has 2 saturated heterocycles. The molecule has 37 heavy (non-hydrogen) atoms. The Hall–Kier alpha value is -3.58. The molecule has 2 aliphatic heterocycles. The second kappa shape index (κ2) is 9.71. The van der Waals surface area contributed by atoms with Crippen LogP contribution in [-0.2, 0) is 4.74 Å². The molecule has 2 aromatic heterocycles. The van der Waals surface area contributed by atoms with Gasteiger partial charge in [-0.2, -0.15) is 10.4 Å². The molecule has 0 saturated carbocycles. The van der Waals surface area contributed by atoms with E-state index in [1.54, 1.807) is 6.07 Å². The molecule has 6 rings (SSSR count). The SMILES string of the molecule is N#Cc1ccc(-c2cc(C(=O)N3CCCC(N)C3)sc2-c2ccc3nn(C4CCOC4)cc3c2)cc1F. The fourth-order valence-electron chi connectivity index (χ4n) is 5.15. The van der Waals surface area contributed by atoms with E-state index in [0.717, 1.165) is 52.8 Å². The first kappa shape index (κ1) is 23.8. The van der Waals surface area contributed by atoms with E-state index in [1.807, 2.05) is 40.0 Å². The normalized spacial score (nSPS) is 19.9. The molecule has 0 aliphatic carbocycles. The third-order valence-corrected chi connectivity index (χ3v) is 8.32. The molecule has 188 valence electrons. The lowest BCUT2D eigenvalue weighted by molar-refractivity contribution is 0.0714. The van der Waals surface area contributed by atoms with Crippen LogP contribution in [0.5, 0.6) is 0 Å². The lowest BCUT2D eigenvalue weighted by Gasteiger charge is -2.30. The number of benzene rings is 2. The van der Waals surface area contributed by atoms with Gasteiger partial charge in [-0.25, -0.2) is 4.39 Å². The highest BCUT2D eigenvalue weighted by molar-refractivity contribution is 7.18. The van der Waals surface area contributed by atoms with E-state index in [1.165, 1.54) is 23.5 Å². The molecule has 4 heterocycles. The van der Waals surface area contributed by atoms with Gasteiger partial charge in [0.25, 0.3) is 5.91 Å². The highest BCUT2D eigenvalue weighted by atomic mass is 32.1. The summed E-state index contributed by atoms with van der Waals surface area (Å²) in [5.41, 5.74) is 9.31. The summed E-state index contributed by atoms with van der Waals surface area (Å²) in [6, 6.07) is 14.5. The summed E-state index contributed by atoms with van der Waals surface area (Å²) < 4.78 is 22.1. The average Bonchev–Trinajstić information content (AvgIpc) is 3.67. The summed E-state index contributed by atoms with van der Waals surface area (Å²) in [4.78, 5) is 16.7. The number of nitriles is 1. The van der Waals surface area contributed by atoms with Crippen molar-refractivity contribution >= 4 is 28.1 Å². The van der Waals surface area contributed by atoms with Crippen molar-refractivity contribution < 1.29 is 13.9 Å². The highest BCUT2D eigenvalue weighted by Gasteiger charge is 2.26. The van der Waals surface area contributed by atoms with Crippen molar-refractivity contribution in [3.63, 3.8) is 0 Å². The number of hydrogen-bond donors (Lipinski definition) is 1. The number of hydrogen-bond acceptors (Lipinski definition) is 6. The summed E-state index contributed by atoms with van der Waals surface area (Å²) in [5, 5.41) is 14.9. The lowest BCUT2D eigenvalue weighted by Crippen LogP contribution is -2.45. The number of nitrogens with zero attached hydrogens (tertiary/aromatic N) is 4. The predicted molar refractivity (Wildman–Crippen MR) is 141 cm³/mol. The van der Waals surface area contributed by atoms with Crippen LogP contribution in [-0.4, -0.2) is 52.9 Å². The summed E-state index contributed by atoms with van der Waals surface area (Å²) in [7, 11) is 0. The Bertz CT molecular complexity index is 1530. The molecule has 2 unspecified atom stereocenters. The number of carbonyl (C=O) groups is 1. The molecule has 2 N–H and O–H groups in total. The summed E-state index contributed by atoms with van der Waals surface area (Å²) in [5.74, 6) is -0.639. The van der Waals surface area contributed by atoms with E-state index in [9.17, 15) is 14.4 Å². The van der Waals surface area contributed by atoms with Gasteiger partial charge in [-0.15, -0.1) is 11.3 Å². The monoisotopic (exact) mass is 515 g/mol. The minimum atomic E-state index is -0.581. The molecule has 1 amide bonds. The van der Waals surface area contributed by atoms with Gasteiger partial charge in [0.05, 0.1) is 28.6 Å². The Balaban J connectivity index is 1.43. The Morgan fingerprint density at radius 2 is 2.05 bits per heavy atom. The number of aromatic nitrogens is 2. The van der Waals surface area contributed by atoms with Gasteiger partial charge in [-0.1, -0.05) is 12.1 Å². The standard InChI is InChI=1S/C28H26FN5O2S/c29-24-11-17(3-4-19(24)13-30)23-12-26(28(35)33-8-1-2-21(31)15-33)37-27(23)18-5-6-25-20(10-18)14-34(32-25)22-7-9-36-16-22/h3-6,10-12,14,21-22H,1-2,7-9,15-16,31H2. The molecular weight excluding hydrogens is 489 g/mol. The van der Waals surface area contributed by atoms with Crippen LogP contribution in [0.2, 0.25) is 0 Å². The van der Waals surface area contributed by atoms with Crippen molar-refractivity contribution in [2.75, 3.05) is 26.3 Å². The molecular formula is C28H26FN5O2S. The maximum atomic E-state index is 14.6. The number of ether oxygens (including phenoxy) is 1. The van der Waals surface area contributed by atoms with Crippen molar-refractivity contribution in [1.29, 1.82) is 5.26 Å². The Labute approximate surface area is 217 Å². The number of halogens is 1. The van der Waals surface area contributed by atoms with Crippen LogP contribution in [0.1, 0.15) is 40.5 Å². The fraction of sp³-hybridized carbons (Fsp3) is 0.321. The van der Waals surface area contributed by atoms with E-state index in [4.69, 9.17) is 15.6 Å². The third-order valence-electron chi connectivity index (χ3n) is 7.15. The minimum absolute atomic E-state index is 0.0103. The van der Waals surface area contributed by atoms with Gasteiger partial charge in [0.1, 0.15) is 11.9 Å². The number of thiophene rings is 1. The van der Waals surface area contributed by atoms with Crippen molar-refractivity contribution in [3.8, 4) is 27.6 Å². The van der Waals surface area contributed by atoms with E-state index in [2.05, 4.69) is 6.07 Å². The Kier molecular flexibility index (Phi) is 6.24. The Morgan fingerprint density at radius 3 is 2.81 bits per heavy atom. The van der Waals surface area contributed by atoms with E-state index in [-0.39, 0.29) is 23.6 Å². The quantitative estimate of drug-likeness (QED) is 0.414. The molecule has 2 aliphatic rings. The number of amides is 1. The summed E-state index contributed by atoms with van der Waals surface area (Å²) >= 11 is 1.40. The fourth-order valence-corrected chi connectivity index (χ4v) is 6.30. The van der Waals surface area contributed by atoms with Gasteiger partial charge >= 0.3 is 0 Å². The van der Waals surface area contributed by atoms with Crippen molar-refractivity contribution in [2.45, 2.75) is 31.3 Å². The first-order valence-electron chi connectivity index (χ1n) is 12.5. The summed E-state index contributed by atoms with van der Waals surface area (Å²) in [6.07, 6.45) is 4.77. The zero-order valence-electron chi connectivity index (χ0n) is 20.2. The van der Waals surface area contributed by atoms with E-state index in [0.29, 0.717) is 30.1 Å². The van der Waals surface area contributed by atoms with Crippen molar-refractivity contribution in [2.24, 2.45) is 5.73 Å². The third kappa shape index (κ3) is 4.53. The number of nitrogens with two attached hydrogens (primary N) is 1. The maximum absolute atomic E-state index is 14.6. The van der Waals surface area contributed by atoms with Crippen LogP contribution >= 0.6 is 11.3 Å². The maximum Gasteiger partial charge on any atom is 0.264 e. The molecule has 9 heteroatoms. The smallest absolute Gasteiger partial charge is 0.264 e. The van der Waals surface area contributed by atoms with Crippen LogP contribution in [0.3, 0.4) is 0 Å². The Morgan fingerprint density at radius 1 is 1.19 bits per heavy atom. The van der Waals surface area contributed by atoms with Gasteiger partial charge in [-0.05, 0) is 60.7 Å². The number of piperidine rings is 1. The van der Waals surface area contributed by atoms with Crippen molar-refractivity contribution in [3.05, 3.63) is 64.9 Å². The molecule has 2 atom stereocenters. The average molecular weight is 516 g/mol. The predicted octanol–water partition coefficient (Wildman–Crippen LogP) is 4.97. The van der Waals surface area contributed by atoms with Crippen molar-refractivity contribution in [1.82, 2.24) is 14.7 Å². The molecule has 2 fully saturated rings. The van der Waals surface area contributed by atoms with Crippen LogP contribution < -0.4 is 5.73 Å². The first-order chi connectivity index (χ1) is 18.0. The van der Waals surface area contributed by atoms with Gasteiger partial charge in [0, 0.05) is 47.8 Å².